The number of halogens is 3. The van der Waals surface area contributed by atoms with Crippen LogP contribution in [0.15, 0.2) is 24.3 Å². The summed E-state index contributed by atoms with van der Waals surface area (Å²) in [5.74, 6) is -0.819. The monoisotopic (exact) mass is 284 g/mol. The SMILES string of the molecule is CNCCN(C)c1nc(C(F)(F)F)nc2ccccc12. The molecule has 1 aromatic heterocycles. The summed E-state index contributed by atoms with van der Waals surface area (Å²) >= 11 is 0. The van der Waals surface area contributed by atoms with Crippen LogP contribution in [0.1, 0.15) is 5.82 Å². The maximum atomic E-state index is 12.9. The van der Waals surface area contributed by atoms with E-state index in [9.17, 15) is 13.2 Å². The molecule has 4 nitrogen and oxygen atoms in total. The molecule has 0 spiro atoms. The lowest BCUT2D eigenvalue weighted by molar-refractivity contribution is -0.144. The van der Waals surface area contributed by atoms with Crippen LogP contribution >= 0.6 is 0 Å². The molecule has 1 heterocycles. The number of nitrogens with zero attached hydrogens (tertiary/aromatic N) is 3. The molecular weight excluding hydrogens is 269 g/mol. The largest absolute Gasteiger partial charge is 0.451 e. The van der Waals surface area contributed by atoms with Gasteiger partial charge in [-0.3, -0.25) is 0 Å². The Labute approximate surface area is 114 Å². The Hall–Kier alpha value is -1.89. The standard InChI is InChI=1S/C13H15F3N4/c1-17-7-8-20(2)11-9-5-3-4-6-10(9)18-12(19-11)13(14,15)16/h3-6,17H,7-8H2,1-2H3. The molecule has 2 aromatic rings. The molecule has 0 aliphatic carbocycles. The molecule has 0 unspecified atom stereocenters. The van der Waals surface area contributed by atoms with Crippen LogP contribution in [0.25, 0.3) is 10.9 Å². The fourth-order valence-corrected chi connectivity index (χ4v) is 1.86. The van der Waals surface area contributed by atoms with Crippen LogP contribution in [0.4, 0.5) is 19.0 Å². The fourth-order valence-electron chi connectivity index (χ4n) is 1.86. The number of nitrogens with one attached hydrogen (secondary N) is 1. The molecule has 0 saturated carbocycles. The van der Waals surface area contributed by atoms with Crippen LogP contribution in [-0.4, -0.2) is 37.2 Å². The molecule has 0 bridgehead atoms. The predicted molar refractivity (Wildman–Crippen MR) is 71.7 cm³/mol. The number of para-hydroxylation sites is 1. The first-order valence-electron chi connectivity index (χ1n) is 6.13. The molecule has 1 N–H and O–H groups in total. The van der Waals surface area contributed by atoms with Crippen molar-refractivity contribution in [1.29, 1.82) is 0 Å². The molecule has 0 amide bonds. The second-order valence-corrected chi connectivity index (χ2v) is 4.41. The third kappa shape index (κ3) is 2.98. The summed E-state index contributed by atoms with van der Waals surface area (Å²) in [6.07, 6.45) is -4.55. The molecule has 7 heteroatoms. The van der Waals surface area contributed by atoms with E-state index in [-0.39, 0.29) is 5.82 Å². The van der Waals surface area contributed by atoms with Crippen molar-refractivity contribution in [3.63, 3.8) is 0 Å². The quantitative estimate of drug-likeness (QED) is 0.935. The number of alkyl halides is 3. The number of aromatic nitrogens is 2. The van der Waals surface area contributed by atoms with Gasteiger partial charge in [0, 0.05) is 25.5 Å². The molecule has 0 aliphatic rings. The predicted octanol–water partition coefficient (Wildman–Crippen LogP) is 2.30. The van der Waals surface area contributed by atoms with Gasteiger partial charge in [0.1, 0.15) is 5.82 Å². The van der Waals surface area contributed by atoms with Gasteiger partial charge >= 0.3 is 6.18 Å². The van der Waals surface area contributed by atoms with Gasteiger partial charge < -0.3 is 10.2 Å². The third-order valence-corrected chi connectivity index (χ3v) is 2.90. The first-order valence-corrected chi connectivity index (χ1v) is 6.13. The van der Waals surface area contributed by atoms with Crippen molar-refractivity contribution >= 4 is 16.7 Å². The highest BCUT2D eigenvalue weighted by Crippen LogP contribution is 2.31. The van der Waals surface area contributed by atoms with Crippen LogP contribution in [0, 0.1) is 0 Å². The molecule has 0 fully saturated rings. The van der Waals surface area contributed by atoms with Crippen LogP contribution in [0.2, 0.25) is 0 Å². The lowest BCUT2D eigenvalue weighted by Gasteiger charge is -2.20. The van der Waals surface area contributed by atoms with Crippen molar-refractivity contribution in [2.24, 2.45) is 0 Å². The second kappa shape index (κ2) is 5.62. The van der Waals surface area contributed by atoms with Crippen molar-refractivity contribution in [3.8, 4) is 0 Å². The lowest BCUT2D eigenvalue weighted by atomic mass is 10.2. The topological polar surface area (TPSA) is 41.0 Å². The highest BCUT2D eigenvalue weighted by Gasteiger charge is 2.35. The zero-order chi connectivity index (χ0) is 14.8. The van der Waals surface area contributed by atoms with E-state index in [4.69, 9.17) is 0 Å². The minimum atomic E-state index is -4.55. The van der Waals surface area contributed by atoms with E-state index in [1.165, 1.54) is 0 Å². The number of benzene rings is 1. The van der Waals surface area contributed by atoms with E-state index in [0.717, 1.165) is 0 Å². The number of anilines is 1. The molecule has 0 atom stereocenters. The Morgan fingerprint density at radius 3 is 2.55 bits per heavy atom. The summed E-state index contributed by atoms with van der Waals surface area (Å²) in [6, 6.07) is 6.70. The molecule has 0 aliphatic heterocycles. The Bertz CT molecular complexity index is 598. The molecule has 108 valence electrons. The van der Waals surface area contributed by atoms with E-state index in [1.54, 1.807) is 43.3 Å². The summed E-state index contributed by atoms with van der Waals surface area (Å²) in [4.78, 5) is 8.97. The summed E-state index contributed by atoms with van der Waals surface area (Å²) < 4.78 is 38.6. The van der Waals surface area contributed by atoms with Gasteiger partial charge in [0.05, 0.1) is 5.52 Å². The Morgan fingerprint density at radius 1 is 1.20 bits per heavy atom. The van der Waals surface area contributed by atoms with Crippen molar-refractivity contribution < 1.29 is 13.2 Å². The Kier molecular flexibility index (Phi) is 4.08. The smallest absolute Gasteiger partial charge is 0.358 e. The maximum Gasteiger partial charge on any atom is 0.451 e. The summed E-state index contributed by atoms with van der Waals surface area (Å²) in [5.41, 5.74) is 0.293. The Balaban J connectivity index is 2.55. The van der Waals surface area contributed by atoms with E-state index in [1.807, 2.05) is 0 Å². The summed E-state index contributed by atoms with van der Waals surface area (Å²) in [6.45, 7) is 1.20. The zero-order valence-electron chi connectivity index (χ0n) is 11.2. The van der Waals surface area contributed by atoms with E-state index in [0.29, 0.717) is 24.0 Å². The Morgan fingerprint density at radius 2 is 1.90 bits per heavy atom. The van der Waals surface area contributed by atoms with Crippen molar-refractivity contribution in [2.75, 3.05) is 32.1 Å². The minimum Gasteiger partial charge on any atom is -0.358 e. The normalized spacial score (nSPS) is 11.8. The highest BCUT2D eigenvalue weighted by atomic mass is 19.4. The average Bonchev–Trinajstić information content (AvgIpc) is 2.42. The van der Waals surface area contributed by atoms with Crippen molar-refractivity contribution in [1.82, 2.24) is 15.3 Å². The van der Waals surface area contributed by atoms with Gasteiger partial charge in [0.2, 0.25) is 5.82 Å². The summed E-state index contributed by atoms with van der Waals surface area (Å²) in [5, 5.41) is 3.56. The first-order chi connectivity index (χ1) is 9.43. The van der Waals surface area contributed by atoms with Crippen molar-refractivity contribution in [2.45, 2.75) is 6.18 Å². The average molecular weight is 284 g/mol. The molecular formula is C13H15F3N4. The van der Waals surface area contributed by atoms with Crippen LogP contribution in [-0.2, 0) is 6.18 Å². The summed E-state index contributed by atoms with van der Waals surface area (Å²) in [7, 11) is 3.50. The van der Waals surface area contributed by atoms with Gasteiger partial charge in [-0.25, -0.2) is 9.97 Å². The number of hydrogen-bond acceptors (Lipinski definition) is 4. The van der Waals surface area contributed by atoms with Crippen LogP contribution in [0.3, 0.4) is 0 Å². The van der Waals surface area contributed by atoms with Gasteiger partial charge in [0.15, 0.2) is 0 Å². The van der Waals surface area contributed by atoms with Crippen LogP contribution in [0.5, 0.6) is 0 Å². The van der Waals surface area contributed by atoms with E-state index in [2.05, 4.69) is 15.3 Å². The first kappa shape index (κ1) is 14.5. The highest BCUT2D eigenvalue weighted by molar-refractivity contribution is 5.89. The molecule has 0 saturated heterocycles. The molecule has 2 rings (SSSR count). The zero-order valence-corrected chi connectivity index (χ0v) is 11.2. The van der Waals surface area contributed by atoms with Crippen LogP contribution < -0.4 is 10.2 Å². The fraction of sp³-hybridized carbons (Fsp3) is 0.385. The molecule has 1 aromatic carbocycles. The van der Waals surface area contributed by atoms with Gasteiger partial charge in [0.25, 0.3) is 0 Å². The minimum absolute atomic E-state index is 0.290. The van der Waals surface area contributed by atoms with E-state index >= 15 is 0 Å². The van der Waals surface area contributed by atoms with Gasteiger partial charge in [-0.15, -0.1) is 0 Å². The number of fused-ring (bicyclic) bond motifs is 1. The number of likely N-dealkylation sites (N-methyl/N-ethyl adjacent to an activating group) is 2. The lowest BCUT2D eigenvalue weighted by Crippen LogP contribution is -2.28. The van der Waals surface area contributed by atoms with Gasteiger partial charge in [-0.05, 0) is 19.2 Å². The van der Waals surface area contributed by atoms with Crippen molar-refractivity contribution in [3.05, 3.63) is 30.1 Å². The third-order valence-electron chi connectivity index (χ3n) is 2.90. The molecule has 0 radical (unpaired) electrons. The number of rotatable bonds is 4. The van der Waals surface area contributed by atoms with Gasteiger partial charge in [-0.1, -0.05) is 12.1 Å². The molecule has 20 heavy (non-hydrogen) atoms. The second-order valence-electron chi connectivity index (χ2n) is 4.41. The maximum absolute atomic E-state index is 12.9. The van der Waals surface area contributed by atoms with Gasteiger partial charge in [-0.2, -0.15) is 13.2 Å². The van der Waals surface area contributed by atoms with E-state index < -0.39 is 12.0 Å². The number of hydrogen-bond donors (Lipinski definition) is 1.